The smallest absolute Gasteiger partial charge is 0.353 e. The lowest BCUT2D eigenvalue weighted by Gasteiger charge is -2.17. The van der Waals surface area contributed by atoms with Gasteiger partial charge in [0.25, 0.3) is 0 Å². The third-order valence-corrected chi connectivity index (χ3v) is 5.53. The fourth-order valence-electron chi connectivity index (χ4n) is 3.89. The molecule has 0 saturated carbocycles. The first kappa shape index (κ1) is 22.7. The lowest BCUT2D eigenvalue weighted by molar-refractivity contribution is -0.155. The topological polar surface area (TPSA) is 110 Å². The van der Waals surface area contributed by atoms with Gasteiger partial charge in [-0.2, -0.15) is 4.98 Å². The van der Waals surface area contributed by atoms with Crippen molar-refractivity contribution >= 4 is 23.0 Å². The molecule has 0 aliphatic carbocycles. The molecule has 1 aliphatic rings. The van der Waals surface area contributed by atoms with E-state index in [4.69, 9.17) is 18.6 Å². The lowest BCUT2D eigenvalue weighted by atomic mass is 10.1. The summed E-state index contributed by atoms with van der Waals surface area (Å²) in [6.45, 7) is 4.54. The summed E-state index contributed by atoms with van der Waals surface area (Å²) in [7, 11) is 0. The van der Waals surface area contributed by atoms with E-state index in [2.05, 4.69) is 29.2 Å². The Labute approximate surface area is 190 Å². The fraction of sp³-hybridized carbons (Fsp3) is 0.417. The van der Waals surface area contributed by atoms with Crippen LogP contribution in [0.15, 0.2) is 45.7 Å². The number of aryl methyl sites for hydroxylation is 3. The third kappa shape index (κ3) is 5.48. The summed E-state index contributed by atoms with van der Waals surface area (Å²) in [5.41, 5.74) is 2.13. The summed E-state index contributed by atoms with van der Waals surface area (Å²) in [6.07, 6.45) is 1.29. The van der Waals surface area contributed by atoms with E-state index in [1.807, 2.05) is 13.0 Å². The number of hydrogen-bond donors (Lipinski definition) is 0. The van der Waals surface area contributed by atoms with Crippen molar-refractivity contribution in [3.05, 3.63) is 63.9 Å². The molecule has 0 bridgehead atoms. The van der Waals surface area contributed by atoms with Crippen LogP contribution in [0, 0.1) is 6.92 Å². The van der Waals surface area contributed by atoms with Crippen LogP contribution >= 0.6 is 0 Å². The molecule has 0 unspecified atom stereocenters. The van der Waals surface area contributed by atoms with Crippen molar-refractivity contribution in [3.63, 3.8) is 0 Å². The van der Waals surface area contributed by atoms with Crippen LogP contribution in [0.4, 0.5) is 0 Å². The maximum Gasteiger partial charge on any atom is 0.353 e. The Kier molecular flexibility index (Phi) is 6.60. The number of rotatable bonds is 7. The third-order valence-electron chi connectivity index (χ3n) is 5.53. The molecule has 3 atom stereocenters. The molecular formula is C24H26N2O7. The van der Waals surface area contributed by atoms with Crippen LogP contribution in [0.25, 0.3) is 11.1 Å². The average molecular weight is 454 g/mol. The van der Waals surface area contributed by atoms with Crippen LogP contribution < -0.4 is 5.69 Å². The predicted molar refractivity (Wildman–Crippen MR) is 118 cm³/mol. The van der Waals surface area contributed by atoms with Gasteiger partial charge < -0.3 is 18.6 Å². The van der Waals surface area contributed by atoms with Gasteiger partial charge >= 0.3 is 17.6 Å². The van der Waals surface area contributed by atoms with Gasteiger partial charge in [-0.05, 0) is 25.0 Å². The van der Waals surface area contributed by atoms with Crippen LogP contribution in [0.3, 0.4) is 0 Å². The number of carbonyl (C=O) groups excluding carboxylic acids is 2. The number of hydrogen-bond acceptors (Lipinski definition) is 8. The molecule has 1 fully saturated rings. The molecule has 1 aliphatic heterocycles. The first-order chi connectivity index (χ1) is 15.8. The number of fused-ring (bicyclic) bond motifs is 1. The SMILES string of the molecule is CC(=O)OC[C@H]1O[C@@H](n2cc3cc(CCc4ccc(C)cc4)oc3nc2=O)C[C@@H]1OC(C)=O. The first-order valence-corrected chi connectivity index (χ1v) is 10.8. The Bertz CT molecular complexity index is 1210. The van der Waals surface area contributed by atoms with E-state index >= 15 is 0 Å². The van der Waals surface area contributed by atoms with Crippen molar-refractivity contribution < 1.29 is 28.2 Å². The first-order valence-electron chi connectivity index (χ1n) is 10.8. The highest BCUT2D eigenvalue weighted by Gasteiger charge is 2.39. The van der Waals surface area contributed by atoms with E-state index in [9.17, 15) is 14.4 Å². The molecule has 4 rings (SSSR count). The number of nitrogens with zero attached hydrogens (tertiary/aromatic N) is 2. The zero-order valence-corrected chi connectivity index (χ0v) is 18.8. The minimum absolute atomic E-state index is 0.0803. The molecule has 0 spiro atoms. The van der Waals surface area contributed by atoms with E-state index < -0.39 is 36.1 Å². The van der Waals surface area contributed by atoms with Gasteiger partial charge in [-0.1, -0.05) is 29.8 Å². The van der Waals surface area contributed by atoms with Crippen LogP contribution in [-0.4, -0.2) is 40.3 Å². The van der Waals surface area contributed by atoms with Gasteiger partial charge in [-0.15, -0.1) is 0 Å². The highest BCUT2D eigenvalue weighted by molar-refractivity contribution is 5.72. The number of carbonyl (C=O) groups is 2. The van der Waals surface area contributed by atoms with Gasteiger partial charge in [0, 0.05) is 32.9 Å². The normalized spacial score (nSPS) is 20.2. The molecule has 0 amide bonds. The Balaban J connectivity index is 1.51. The summed E-state index contributed by atoms with van der Waals surface area (Å²) in [5, 5.41) is 0.671. The molecular weight excluding hydrogens is 428 g/mol. The maximum atomic E-state index is 12.7. The van der Waals surface area contributed by atoms with E-state index in [0.717, 1.165) is 12.2 Å². The molecule has 0 radical (unpaired) electrons. The molecule has 9 nitrogen and oxygen atoms in total. The highest BCUT2D eigenvalue weighted by Crippen LogP contribution is 2.31. The van der Waals surface area contributed by atoms with Gasteiger partial charge in [0.05, 0.1) is 5.39 Å². The Hall–Kier alpha value is -3.46. The van der Waals surface area contributed by atoms with E-state index in [1.54, 1.807) is 6.20 Å². The number of esters is 2. The van der Waals surface area contributed by atoms with Gasteiger partial charge in [0.2, 0.25) is 5.71 Å². The second kappa shape index (κ2) is 9.58. The van der Waals surface area contributed by atoms with Crippen LogP contribution in [0.5, 0.6) is 0 Å². The minimum Gasteiger partial charge on any atom is -0.463 e. The van der Waals surface area contributed by atoms with Crippen LogP contribution in [0.1, 0.15) is 43.4 Å². The van der Waals surface area contributed by atoms with Gasteiger partial charge in [0.1, 0.15) is 30.8 Å². The average Bonchev–Trinajstić information content (AvgIpc) is 3.33. The zero-order chi connectivity index (χ0) is 23.5. The number of ether oxygens (including phenoxy) is 3. The molecule has 1 saturated heterocycles. The second-order valence-corrected chi connectivity index (χ2v) is 8.20. The van der Waals surface area contributed by atoms with Crippen molar-refractivity contribution in [3.8, 4) is 0 Å². The van der Waals surface area contributed by atoms with Gasteiger partial charge in [-0.3, -0.25) is 14.2 Å². The lowest BCUT2D eigenvalue weighted by Crippen LogP contribution is -2.31. The molecule has 0 N–H and O–H groups in total. The molecule has 9 heteroatoms. The van der Waals surface area contributed by atoms with E-state index in [-0.39, 0.29) is 18.7 Å². The molecule has 174 valence electrons. The Morgan fingerprint density at radius 3 is 2.61 bits per heavy atom. The van der Waals surface area contributed by atoms with E-state index in [1.165, 1.54) is 29.5 Å². The summed E-state index contributed by atoms with van der Waals surface area (Å²) in [5.74, 6) is -0.223. The van der Waals surface area contributed by atoms with Crippen molar-refractivity contribution in [2.75, 3.05) is 6.61 Å². The molecule has 2 aromatic heterocycles. The van der Waals surface area contributed by atoms with Crippen molar-refractivity contribution in [1.82, 2.24) is 9.55 Å². The second-order valence-electron chi connectivity index (χ2n) is 8.20. The predicted octanol–water partition coefficient (Wildman–Crippen LogP) is 2.87. The van der Waals surface area contributed by atoms with Crippen molar-refractivity contribution in [1.29, 1.82) is 0 Å². The number of benzene rings is 1. The maximum absolute atomic E-state index is 12.7. The standard InChI is InChI=1S/C24H26N2O7/c1-14-4-6-17(7-5-14)8-9-19-10-18-12-26(24(29)25-23(18)32-19)22-11-20(31-16(3)28)21(33-22)13-30-15(2)27/h4-7,10,12,20-22H,8-9,11,13H2,1-3H3/t20-,21+,22+/m0/s1. The Morgan fingerprint density at radius 1 is 1.15 bits per heavy atom. The van der Waals surface area contributed by atoms with Crippen LogP contribution in [0.2, 0.25) is 0 Å². The summed E-state index contributed by atoms with van der Waals surface area (Å²) >= 11 is 0. The van der Waals surface area contributed by atoms with E-state index in [0.29, 0.717) is 11.8 Å². The monoisotopic (exact) mass is 454 g/mol. The summed E-state index contributed by atoms with van der Waals surface area (Å²) in [6, 6.07) is 10.2. The zero-order valence-electron chi connectivity index (χ0n) is 18.8. The highest BCUT2D eigenvalue weighted by atomic mass is 16.6. The van der Waals surface area contributed by atoms with Crippen molar-refractivity contribution in [2.45, 2.75) is 58.5 Å². The molecule has 3 heterocycles. The van der Waals surface area contributed by atoms with Gasteiger partial charge in [-0.25, -0.2) is 4.79 Å². The van der Waals surface area contributed by atoms with Crippen LogP contribution in [-0.2, 0) is 36.6 Å². The minimum atomic E-state index is -0.717. The molecule has 3 aromatic rings. The summed E-state index contributed by atoms with van der Waals surface area (Å²) < 4.78 is 23.4. The molecule has 1 aromatic carbocycles. The number of furan rings is 1. The largest absolute Gasteiger partial charge is 0.463 e. The molecule has 33 heavy (non-hydrogen) atoms. The van der Waals surface area contributed by atoms with Crippen molar-refractivity contribution in [2.24, 2.45) is 0 Å². The Morgan fingerprint density at radius 2 is 1.91 bits per heavy atom. The summed E-state index contributed by atoms with van der Waals surface area (Å²) in [4.78, 5) is 39.4. The fourth-order valence-corrected chi connectivity index (χ4v) is 3.89. The quantitative estimate of drug-likeness (QED) is 0.501. The van der Waals surface area contributed by atoms with Gasteiger partial charge in [0.15, 0.2) is 0 Å². The number of aromatic nitrogens is 2.